The van der Waals surface area contributed by atoms with E-state index in [-0.39, 0.29) is 33.2 Å². The Labute approximate surface area is 240 Å². The highest BCUT2D eigenvalue weighted by atomic mass is 35.5. The molecule has 1 aliphatic carbocycles. The first kappa shape index (κ1) is 30.5. The molecular weight excluding hydrogens is 585 g/mol. The topological polar surface area (TPSA) is 64.3 Å². The third-order valence-electron chi connectivity index (χ3n) is 6.96. The van der Waals surface area contributed by atoms with E-state index in [4.69, 9.17) is 11.6 Å². The average Bonchev–Trinajstić information content (AvgIpc) is 3.59. The normalized spacial score (nSPS) is 20.5. The molecule has 0 saturated heterocycles. The van der Waals surface area contributed by atoms with E-state index >= 15 is 8.78 Å². The Morgan fingerprint density at radius 1 is 1.20 bits per heavy atom. The third-order valence-corrected chi connectivity index (χ3v) is 8.28. The molecule has 216 valence electrons. The zero-order valence-electron chi connectivity index (χ0n) is 22.3. The summed E-state index contributed by atoms with van der Waals surface area (Å²) in [6.07, 6.45) is 2.46. The maximum atomic E-state index is 15.7. The van der Waals surface area contributed by atoms with Crippen LogP contribution in [-0.2, 0) is 17.0 Å². The number of aromatic nitrogens is 2. The first-order chi connectivity index (χ1) is 19.3. The van der Waals surface area contributed by atoms with Crippen LogP contribution in [0.15, 0.2) is 75.5 Å². The SMILES string of the molecule is C/C=C/N=C(/C(F)=C/n1c(C)cc(C2C(C)C2c2cncc(C(F)(F)F)c2)c(Cl)c1=O)c1cccc(S(C)=O)c1F. The molecule has 2 aromatic heterocycles. The zero-order valence-corrected chi connectivity index (χ0v) is 23.9. The molecule has 2 heterocycles. The molecule has 4 unspecified atom stereocenters. The highest BCUT2D eigenvalue weighted by Crippen LogP contribution is 2.61. The summed E-state index contributed by atoms with van der Waals surface area (Å²) in [6.45, 7) is 5.01. The Kier molecular flexibility index (Phi) is 8.79. The van der Waals surface area contributed by atoms with Gasteiger partial charge in [0.15, 0.2) is 5.83 Å². The van der Waals surface area contributed by atoms with Gasteiger partial charge in [-0.05, 0) is 67.0 Å². The first-order valence-electron chi connectivity index (χ1n) is 12.4. The van der Waals surface area contributed by atoms with Crippen LogP contribution in [0.1, 0.15) is 53.6 Å². The zero-order chi connectivity index (χ0) is 30.2. The van der Waals surface area contributed by atoms with Gasteiger partial charge < -0.3 is 0 Å². The van der Waals surface area contributed by atoms with Crippen LogP contribution in [0.5, 0.6) is 0 Å². The summed E-state index contributed by atoms with van der Waals surface area (Å²) in [6, 6.07) is 6.65. The van der Waals surface area contributed by atoms with Crippen LogP contribution >= 0.6 is 11.6 Å². The molecular formula is C29H25ClF5N3O2S. The average molecular weight is 610 g/mol. The van der Waals surface area contributed by atoms with Gasteiger partial charge in [-0.2, -0.15) is 13.2 Å². The van der Waals surface area contributed by atoms with Crippen molar-refractivity contribution >= 4 is 34.3 Å². The Morgan fingerprint density at radius 2 is 1.90 bits per heavy atom. The fourth-order valence-electron chi connectivity index (χ4n) is 4.89. The summed E-state index contributed by atoms with van der Waals surface area (Å²) >= 11 is 6.46. The molecule has 0 aliphatic heterocycles. The fraction of sp³-hybridized carbons (Fsp3) is 0.276. The number of rotatable bonds is 7. The van der Waals surface area contributed by atoms with Gasteiger partial charge in [0.25, 0.3) is 5.56 Å². The summed E-state index contributed by atoms with van der Waals surface area (Å²) < 4.78 is 83.3. The minimum Gasteiger partial charge on any atom is -0.284 e. The van der Waals surface area contributed by atoms with E-state index in [2.05, 4.69) is 9.98 Å². The fourth-order valence-corrected chi connectivity index (χ4v) is 5.80. The molecule has 3 aromatic rings. The van der Waals surface area contributed by atoms with Crippen LogP contribution in [0.2, 0.25) is 5.02 Å². The Bertz CT molecular complexity index is 1680. The number of pyridine rings is 2. The molecule has 0 radical (unpaired) electrons. The lowest BCUT2D eigenvalue weighted by Crippen LogP contribution is -2.21. The molecule has 1 saturated carbocycles. The largest absolute Gasteiger partial charge is 0.417 e. The van der Waals surface area contributed by atoms with Crippen molar-refractivity contribution in [3.8, 4) is 0 Å². The predicted octanol–water partition coefficient (Wildman–Crippen LogP) is 7.41. The number of benzene rings is 1. The number of hydrogen-bond donors (Lipinski definition) is 0. The van der Waals surface area contributed by atoms with E-state index in [9.17, 15) is 22.2 Å². The van der Waals surface area contributed by atoms with Crippen molar-refractivity contribution in [2.24, 2.45) is 10.9 Å². The van der Waals surface area contributed by atoms with Crippen LogP contribution in [0.3, 0.4) is 0 Å². The van der Waals surface area contributed by atoms with Crippen molar-refractivity contribution in [2.45, 2.75) is 43.7 Å². The van der Waals surface area contributed by atoms with Crippen LogP contribution < -0.4 is 5.56 Å². The van der Waals surface area contributed by atoms with Crippen molar-refractivity contribution in [2.75, 3.05) is 6.26 Å². The van der Waals surface area contributed by atoms with Crippen molar-refractivity contribution in [3.05, 3.63) is 110 Å². The summed E-state index contributed by atoms with van der Waals surface area (Å²) in [5.41, 5.74) is -1.20. The summed E-state index contributed by atoms with van der Waals surface area (Å²) in [4.78, 5) is 20.9. The second-order valence-electron chi connectivity index (χ2n) is 9.65. The standard InChI is InChI=1S/C29H25ClF5N3O2S/c1-5-9-37-27(19-7-6-8-22(26(19)32)41(4)40)21(31)14-38-15(2)10-20(25(30)28(38)39)24-16(3)23(24)17-11-18(13-36-12-17)29(33,34)35/h5-14,16,23-24H,1-4H3/b9-5+,21-14-,37-27+. The highest BCUT2D eigenvalue weighted by Gasteiger charge is 2.50. The monoisotopic (exact) mass is 609 g/mol. The molecule has 1 aromatic carbocycles. The minimum atomic E-state index is -4.55. The molecule has 41 heavy (non-hydrogen) atoms. The third kappa shape index (κ3) is 6.11. The van der Waals surface area contributed by atoms with Gasteiger partial charge >= 0.3 is 6.18 Å². The highest BCUT2D eigenvalue weighted by molar-refractivity contribution is 7.84. The van der Waals surface area contributed by atoms with Crippen LogP contribution in [-0.4, -0.2) is 25.7 Å². The molecule has 4 atom stereocenters. The van der Waals surface area contributed by atoms with Crippen molar-refractivity contribution in [1.82, 2.24) is 9.55 Å². The number of allylic oxidation sites excluding steroid dienone is 2. The van der Waals surface area contributed by atoms with Gasteiger partial charge in [-0.1, -0.05) is 30.7 Å². The van der Waals surface area contributed by atoms with Crippen molar-refractivity contribution in [1.29, 1.82) is 0 Å². The van der Waals surface area contributed by atoms with E-state index < -0.39 is 45.5 Å². The smallest absolute Gasteiger partial charge is 0.284 e. The second kappa shape index (κ2) is 11.8. The number of aliphatic imine (C=N–C) groups is 1. The maximum Gasteiger partial charge on any atom is 0.417 e. The van der Waals surface area contributed by atoms with Gasteiger partial charge in [0.1, 0.15) is 16.6 Å². The van der Waals surface area contributed by atoms with Gasteiger partial charge in [-0.3, -0.25) is 23.5 Å². The van der Waals surface area contributed by atoms with E-state index in [0.717, 1.165) is 23.0 Å². The number of aryl methyl sites for hydroxylation is 1. The van der Waals surface area contributed by atoms with Crippen molar-refractivity contribution < 1.29 is 26.2 Å². The molecule has 0 amide bonds. The van der Waals surface area contributed by atoms with Crippen LogP contribution in [0.25, 0.3) is 6.20 Å². The van der Waals surface area contributed by atoms with Crippen molar-refractivity contribution in [3.63, 3.8) is 0 Å². The Balaban J connectivity index is 1.74. The lowest BCUT2D eigenvalue weighted by Gasteiger charge is -2.13. The van der Waals surface area contributed by atoms with Crippen LogP contribution in [0, 0.1) is 18.7 Å². The number of halogens is 6. The van der Waals surface area contributed by atoms with E-state index in [1.54, 1.807) is 19.9 Å². The molecule has 1 aliphatic rings. The number of hydrogen-bond acceptors (Lipinski definition) is 4. The van der Waals surface area contributed by atoms with Gasteiger partial charge in [0.2, 0.25) is 0 Å². The van der Waals surface area contributed by atoms with Crippen LogP contribution in [0.4, 0.5) is 22.0 Å². The first-order valence-corrected chi connectivity index (χ1v) is 14.3. The van der Waals surface area contributed by atoms with Gasteiger partial charge in [0, 0.05) is 36.1 Å². The predicted molar refractivity (Wildman–Crippen MR) is 150 cm³/mol. The van der Waals surface area contributed by atoms with Gasteiger partial charge in [-0.25, -0.2) is 8.78 Å². The summed E-state index contributed by atoms with van der Waals surface area (Å²) in [7, 11) is -1.68. The Morgan fingerprint density at radius 3 is 2.54 bits per heavy atom. The molecule has 0 N–H and O–H groups in total. The van der Waals surface area contributed by atoms with E-state index in [1.807, 2.05) is 6.92 Å². The molecule has 0 bridgehead atoms. The minimum absolute atomic E-state index is 0.126. The molecule has 1 fully saturated rings. The van der Waals surface area contributed by atoms with Gasteiger partial charge in [-0.15, -0.1) is 0 Å². The Hall–Kier alpha value is -3.44. The molecule has 12 heteroatoms. The molecule has 4 rings (SSSR count). The number of nitrogens with zero attached hydrogens (tertiary/aromatic N) is 3. The number of alkyl halides is 3. The second-order valence-corrected chi connectivity index (χ2v) is 11.4. The summed E-state index contributed by atoms with van der Waals surface area (Å²) in [5, 5.41) is -0.208. The van der Waals surface area contributed by atoms with Gasteiger partial charge in [0.05, 0.1) is 27.5 Å². The van der Waals surface area contributed by atoms with E-state index in [1.165, 1.54) is 42.9 Å². The molecule has 5 nitrogen and oxygen atoms in total. The lowest BCUT2D eigenvalue weighted by atomic mass is 10.0. The summed E-state index contributed by atoms with van der Waals surface area (Å²) in [5.74, 6) is -2.78. The molecule has 0 spiro atoms. The van der Waals surface area contributed by atoms with E-state index in [0.29, 0.717) is 16.8 Å². The quantitative estimate of drug-likeness (QED) is 0.207. The maximum absolute atomic E-state index is 15.7. The lowest BCUT2D eigenvalue weighted by molar-refractivity contribution is -0.137.